The monoisotopic (exact) mass is 348 g/mol. The predicted octanol–water partition coefficient (Wildman–Crippen LogP) is 4.14. The van der Waals surface area contributed by atoms with Crippen LogP contribution in [-0.2, 0) is 14.3 Å². The van der Waals surface area contributed by atoms with Gasteiger partial charge in [0.1, 0.15) is 17.4 Å². The molecule has 5 heteroatoms. The first kappa shape index (κ1) is 17.6. The van der Waals surface area contributed by atoms with Crippen molar-refractivity contribution in [3.63, 3.8) is 0 Å². The molecule has 0 spiro atoms. The van der Waals surface area contributed by atoms with Crippen LogP contribution in [0.3, 0.4) is 0 Å². The highest BCUT2D eigenvalue weighted by Gasteiger charge is 2.21. The van der Waals surface area contributed by atoms with E-state index < -0.39 is 5.97 Å². The molecule has 26 heavy (non-hydrogen) atoms. The maximum Gasteiger partial charge on any atom is 0.348 e. The number of esters is 1. The number of aromatic nitrogens is 1. The Labute approximate surface area is 152 Å². The lowest BCUT2D eigenvalue weighted by Gasteiger charge is -2.23. The second kappa shape index (κ2) is 7.75. The minimum absolute atomic E-state index is 0.0131. The lowest BCUT2D eigenvalue weighted by Crippen LogP contribution is -2.13. The molecule has 1 aliphatic rings. The minimum atomic E-state index is -0.607. The summed E-state index contributed by atoms with van der Waals surface area (Å²) >= 11 is 0. The van der Waals surface area contributed by atoms with Gasteiger partial charge in [0.15, 0.2) is 0 Å². The number of carbonyl (C=O) groups is 1. The van der Waals surface area contributed by atoms with E-state index in [9.17, 15) is 10.1 Å². The van der Waals surface area contributed by atoms with Crippen LogP contribution in [0.5, 0.6) is 0 Å². The van der Waals surface area contributed by atoms with Crippen LogP contribution in [-0.4, -0.2) is 24.3 Å². The number of carbonyl (C=O) groups excluding carboxylic acids is 1. The first-order valence-electron chi connectivity index (χ1n) is 8.48. The van der Waals surface area contributed by atoms with E-state index in [4.69, 9.17) is 9.47 Å². The number of fused-ring (bicyclic) bond motifs is 1. The molecular weight excluding hydrogens is 328 g/mol. The van der Waals surface area contributed by atoms with Gasteiger partial charge in [-0.3, -0.25) is 0 Å². The number of rotatable bonds is 5. The van der Waals surface area contributed by atoms with Gasteiger partial charge < -0.3 is 14.0 Å². The van der Waals surface area contributed by atoms with E-state index in [1.165, 1.54) is 0 Å². The zero-order chi connectivity index (χ0) is 18.5. The van der Waals surface area contributed by atoms with Gasteiger partial charge in [-0.25, -0.2) is 4.79 Å². The maximum atomic E-state index is 12.0. The van der Waals surface area contributed by atoms with Gasteiger partial charge in [0, 0.05) is 22.7 Å². The molecule has 0 saturated carbocycles. The van der Waals surface area contributed by atoms with Gasteiger partial charge in [-0.05, 0) is 31.6 Å². The molecule has 5 nitrogen and oxygen atoms in total. The number of allylic oxidation sites excluding steroid dienone is 4. The largest absolute Gasteiger partial charge is 0.499 e. The van der Waals surface area contributed by atoms with Crippen LogP contribution in [0.1, 0.15) is 24.9 Å². The summed E-state index contributed by atoms with van der Waals surface area (Å²) in [6.45, 7) is 1.95. The number of hydrogen-bond donors (Lipinski definition) is 0. The van der Waals surface area contributed by atoms with E-state index in [1.54, 1.807) is 20.1 Å². The molecule has 2 aromatic rings. The molecule has 1 atom stereocenters. The summed E-state index contributed by atoms with van der Waals surface area (Å²) in [5.74, 6) is 0.264. The van der Waals surface area contributed by atoms with Crippen molar-refractivity contribution < 1.29 is 14.3 Å². The number of ether oxygens (including phenoxy) is 2. The zero-order valence-corrected chi connectivity index (χ0v) is 14.8. The number of hydrogen-bond acceptors (Lipinski definition) is 4. The number of methoxy groups -OCH3 is 1. The molecule has 1 heterocycles. The molecule has 132 valence electrons. The van der Waals surface area contributed by atoms with Crippen molar-refractivity contribution in [3.05, 3.63) is 65.6 Å². The standard InChI is InChI=1S/C21H20N2O3/c1-3-26-21(24)15(13-22)12-16-14-23(18-9-5-4-8-17(16)18)19-10-6-7-11-20(19)25-2/h4-9,11-12,14,19H,3,10H2,1-2H3/b15-12+. The van der Waals surface area contributed by atoms with Gasteiger partial charge >= 0.3 is 5.97 Å². The van der Waals surface area contributed by atoms with Crippen molar-refractivity contribution in [2.75, 3.05) is 13.7 Å². The third kappa shape index (κ3) is 3.27. The summed E-state index contributed by atoms with van der Waals surface area (Å²) in [6.07, 6.45) is 10.4. The van der Waals surface area contributed by atoms with Gasteiger partial charge in [0.25, 0.3) is 0 Å². The summed E-state index contributed by atoms with van der Waals surface area (Å²) in [5, 5.41) is 10.3. The molecule has 1 unspecified atom stereocenters. The summed E-state index contributed by atoms with van der Waals surface area (Å²) in [5.41, 5.74) is 1.80. The first-order valence-corrected chi connectivity index (χ1v) is 8.48. The van der Waals surface area contributed by atoms with Crippen molar-refractivity contribution in [2.24, 2.45) is 0 Å². The van der Waals surface area contributed by atoms with Gasteiger partial charge in [-0.1, -0.05) is 30.4 Å². The Balaban J connectivity index is 2.12. The lowest BCUT2D eigenvalue weighted by atomic mass is 10.1. The van der Waals surface area contributed by atoms with E-state index in [1.807, 2.05) is 48.7 Å². The minimum Gasteiger partial charge on any atom is -0.499 e. The van der Waals surface area contributed by atoms with Crippen LogP contribution < -0.4 is 0 Å². The Morgan fingerprint density at radius 1 is 1.42 bits per heavy atom. The van der Waals surface area contributed by atoms with Gasteiger partial charge in [0.2, 0.25) is 0 Å². The molecule has 0 bridgehead atoms. The molecule has 1 aliphatic carbocycles. The highest BCUT2D eigenvalue weighted by atomic mass is 16.5. The fourth-order valence-electron chi connectivity index (χ4n) is 3.16. The summed E-state index contributed by atoms with van der Waals surface area (Å²) in [6, 6.07) is 9.88. The smallest absolute Gasteiger partial charge is 0.348 e. The van der Waals surface area contributed by atoms with E-state index in [2.05, 4.69) is 10.6 Å². The average molecular weight is 348 g/mol. The maximum absolute atomic E-state index is 12.0. The topological polar surface area (TPSA) is 64.2 Å². The van der Waals surface area contributed by atoms with Gasteiger partial charge in [-0.15, -0.1) is 0 Å². The third-order valence-corrected chi connectivity index (χ3v) is 4.34. The highest BCUT2D eigenvalue weighted by molar-refractivity contribution is 6.01. The molecule has 0 radical (unpaired) electrons. The van der Waals surface area contributed by atoms with E-state index in [0.717, 1.165) is 28.6 Å². The van der Waals surface area contributed by atoms with E-state index in [-0.39, 0.29) is 18.2 Å². The number of para-hydroxylation sites is 1. The molecule has 0 saturated heterocycles. The third-order valence-electron chi connectivity index (χ3n) is 4.34. The summed E-state index contributed by atoms with van der Waals surface area (Å²) < 4.78 is 12.6. The number of nitrogens with zero attached hydrogens (tertiary/aromatic N) is 2. The van der Waals surface area contributed by atoms with Crippen LogP contribution in [0.4, 0.5) is 0 Å². The molecule has 0 aliphatic heterocycles. The van der Waals surface area contributed by atoms with Crippen LogP contribution in [0.25, 0.3) is 17.0 Å². The Hall–Kier alpha value is -3.26. The molecule has 0 N–H and O–H groups in total. The Morgan fingerprint density at radius 3 is 2.96 bits per heavy atom. The summed E-state index contributed by atoms with van der Waals surface area (Å²) in [4.78, 5) is 12.0. The van der Waals surface area contributed by atoms with Crippen LogP contribution in [0, 0.1) is 11.3 Å². The molecule has 0 fully saturated rings. The quantitative estimate of drug-likeness (QED) is 0.463. The Morgan fingerprint density at radius 2 is 2.23 bits per heavy atom. The van der Waals surface area contributed by atoms with Crippen molar-refractivity contribution >= 4 is 22.9 Å². The number of nitriles is 1. The molecule has 3 rings (SSSR count). The SMILES string of the molecule is CCOC(=O)/C(C#N)=C/c1cn(C2CC=CC=C2OC)c2ccccc12. The van der Waals surface area contributed by atoms with Gasteiger partial charge in [0.05, 0.1) is 19.8 Å². The van der Waals surface area contributed by atoms with Crippen LogP contribution >= 0.6 is 0 Å². The first-order chi connectivity index (χ1) is 12.7. The zero-order valence-electron chi connectivity index (χ0n) is 14.8. The van der Waals surface area contributed by atoms with E-state index in [0.29, 0.717) is 0 Å². The van der Waals surface area contributed by atoms with Crippen molar-refractivity contribution in [2.45, 2.75) is 19.4 Å². The average Bonchev–Trinajstić information content (AvgIpc) is 3.04. The van der Waals surface area contributed by atoms with Crippen molar-refractivity contribution in [1.82, 2.24) is 4.57 Å². The Kier molecular flexibility index (Phi) is 5.23. The number of benzene rings is 1. The fraction of sp³-hybridized carbons (Fsp3) is 0.238. The molecular formula is C21H20N2O3. The predicted molar refractivity (Wildman–Crippen MR) is 100 cm³/mol. The molecule has 1 aromatic heterocycles. The molecule has 0 amide bonds. The van der Waals surface area contributed by atoms with E-state index >= 15 is 0 Å². The Bertz CT molecular complexity index is 957. The van der Waals surface area contributed by atoms with Crippen LogP contribution in [0.2, 0.25) is 0 Å². The van der Waals surface area contributed by atoms with Crippen molar-refractivity contribution in [3.8, 4) is 6.07 Å². The fourth-order valence-corrected chi connectivity index (χ4v) is 3.16. The van der Waals surface area contributed by atoms with Gasteiger partial charge in [-0.2, -0.15) is 5.26 Å². The normalized spacial score (nSPS) is 16.9. The van der Waals surface area contributed by atoms with Crippen molar-refractivity contribution in [1.29, 1.82) is 5.26 Å². The second-order valence-corrected chi connectivity index (χ2v) is 5.85. The second-order valence-electron chi connectivity index (χ2n) is 5.85. The van der Waals surface area contributed by atoms with Crippen LogP contribution in [0.15, 0.2) is 60.0 Å². The lowest BCUT2D eigenvalue weighted by molar-refractivity contribution is -0.137. The summed E-state index contributed by atoms with van der Waals surface area (Å²) in [7, 11) is 1.67. The highest BCUT2D eigenvalue weighted by Crippen LogP contribution is 2.33. The molecule has 1 aromatic carbocycles.